The topological polar surface area (TPSA) is 93.5 Å². The van der Waals surface area contributed by atoms with Crippen LogP contribution in [0.1, 0.15) is 16.1 Å². The normalized spacial score (nSPS) is 12.9. The lowest BCUT2D eigenvalue weighted by Gasteiger charge is -2.18. The highest BCUT2D eigenvalue weighted by Crippen LogP contribution is 2.28. The molecule has 1 aliphatic rings. The Morgan fingerprint density at radius 2 is 2.28 bits per heavy atom. The summed E-state index contributed by atoms with van der Waals surface area (Å²) in [7, 11) is 0. The second-order valence-corrected chi connectivity index (χ2v) is 6.30. The van der Waals surface area contributed by atoms with Gasteiger partial charge in [0, 0.05) is 5.56 Å². The first-order valence-corrected chi connectivity index (χ1v) is 8.40. The molecule has 25 heavy (non-hydrogen) atoms. The molecule has 0 fully saturated rings. The van der Waals surface area contributed by atoms with Crippen LogP contribution in [0, 0.1) is 0 Å². The van der Waals surface area contributed by atoms with Gasteiger partial charge < -0.3 is 19.8 Å². The Hall–Kier alpha value is -3.13. The SMILES string of the molecule is O=C1COc2ccc(C(=O)NCc3coc(-c4cccs4)n3)cc2N1. The number of fused-ring (bicyclic) bond motifs is 1. The van der Waals surface area contributed by atoms with Gasteiger partial charge in [0.25, 0.3) is 11.8 Å². The lowest BCUT2D eigenvalue weighted by Crippen LogP contribution is -2.27. The molecule has 3 heterocycles. The van der Waals surface area contributed by atoms with E-state index in [1.54, 1.807) is 18.2 Å². The largest absolute Gasteiger partial charge is 0.482 e. The van der Waals surface area contributed by atoms with Crippen LogP contribution in [0.2, 0.25) is 0 Å². The molecule has 0 unspecified atom stereocenters. The van der Waals surface area contributed by atoms with Crippen molar-refractivity contribution in [3.05, 3.63) is 53.2 Å². The van der Waals surface area contributed by atoms with Crippen molar-refractivity contribution in [2.45, 2.75) is 6.54 Å². The maximum Gasteiger partial charge on any atom is 0.262 e. The minimum atomic E-state index is -0.275. The molecule has 4 rings (SSSR count). The van der Waals surface area contributed by atoms with E-state index in [2.05, 4.69) is 15.6 Å². The van der Waals surface area contributed by atoms with Crippen LogP contribution in [-0.4, -0.2) is 23.4 Å². The standard InChI is InChI=1S/C17H13N3O4S/c21-15-9-23-13-4-3-10(6-12(13)20-15)16(22)18-7-11-8-24-17(19-11)14-2-1-5-25-14/h1-6,8H,7,9H2,(H,18,22)(H,20,21). The van der Waals surface area contributed by atoms with Gasteiger partial charge in [-0.15, -0.1) is 11.3 Å². The van der Waals surface area contributed by atoms with E-state index in [-0.39, 0.29) is 25.0 Å². The number of carbonyl (C=O) groups is 2. The maximum absolute atomic E-state index is 12.3. The van der Waals surface area contributed by atoms with E-state index in [9.17, 15) is 9.59 Å². The van der Waals surface area contributed by atoms with Crippen LogP contribution in [0.5, 0.6) is 5.75 Å². The fourth-order valence-corrected chi connectivity index (χ4v) is 3.05. The Labute approximate surface area is 146 Å². The number of nitrogens with zero attached hydrogens (tertiary/aromatic N) is 1. The predicted octanol–water partition coefficient (Wildman–Crippen LogP) is 2.66. The summed E-state index contributed by atoms with van der Waals surface area (Å²) in [6, 6.07) is 8.73. The highest BCUT2D eigenvalue weighted by molar-refractivity contribution is 7.13. The molecule has 0 atom stereocenters. The Bertz CT molecular complexity index is 933. The minimum Gasteiger partial charge on any atom is -0.482 e. The third kappa shape index (κ3) is 3.24. The fourth-order valence-electron chi connectivity index (χ4n) is 2.40. The third-order valence-corrected chi connectivity index (χ3v) is 4.45. The van der Waals surface area contributed by atoms with E-state index in [0.717, 1.165) is 4.88 Å². The van der Waals surface area contributed by atoms with Crippen LogP contribution in [0.25, 0.3) is 10.8 Å². The summed E-state index contributed by atoms with van der Waals surface area (Å²) in [5.74, 6) is 0.568. The summed E-state index contributed by atoms with van der Waals surface area (Å²) in [5, 5.41) is 7.40. The molecular formula is C17H13N3O4S. The van der Waals surface area contributed by atoms with Gasteiger partial charge in [0.15, 0.2) is 6.61 Å². The summed E-state index contributed by atoms with van der Waals surface area (Å²) < 4.78 is 10.7. The second-order valence-electron chi connectivity index (χ2n) is 5.35. The molecule has 1 aromatic carbocycles. The Morgan fingerprint density at radius 3 is 3.12 bits per heavy atom. The van der Waals surface area contributed by atoms with E-state index < -0.39 is 0 Å². The minimum absolute atomic E-state index is 0.0166. The first-order chi connectivity index (χ1) is 12.2. The Balaban J connectivity index is 1.42. The first-order valence-electron chi connectivity index (χ1n) is 7.52. The molecule has 2 aromatic heterocycles. The highest BCUT2D eigenvalue weighted by Gasteiger charge is 2.18. The molecule has 0 bridgehead atoms. The number of anilines is 1. The molecule has 0 spiro atoms. The van der Waals surface area contributed by atoms with E-state index in [1.807, 2.05) is 17.5 Å². The monoisotopic (exact) mass is 355 g/mol. The molecule has 126 valence electrons. The molecule has 7 nitrogen and oxygen atoms in total. The highest BCUT2D eigenvalue weighted by atomic mass is 32.1. The third-order valence-electron chi connectivity index (χ3n) is 3.59. The summed E-state index contributed by atoms with van der Waals surface area (Å²) in [5.41, 5.74) is 1.54. The van der Waals surface area contributed by atoms with Gasteiger partial charge in [-0.25, -0.2) is 4.98 Å². The number of benzene rings is 1. The van der Waals surface area contributed by atoms with Gasteiger partial charge in [-0.1, -0.05) is 6.07 Å². The molecule has 2 N–H and O–H groups in total. The van der Waals surface area contributed by atoms with Crippen LogP contribution < -0.4 is 15.4 Å². The molecule has 0 aliphatic carbocycles. The summed E-state index contributed by atoms with van der Waals surface area (Å²) in [6.07, 6.45) is 1.52. The number of thiophene rings is 1. The van der Waals surface area contributed by atoms with Crippen molar-refractivity contribution in [3.63, 3.8) is 0 Å². The van der Waals surface area contributed by atoms with Crippen molar-refractivity contribution in [1.29, 1.82) is 0 Å². The molecule has 1 aliphatic heterocycles. The average molecular weight is 355 g/mol. The lowest BCUT2D eigenvalue weighted by molar-refractivity contribution is -0.118. The summed E-state index contributed by atoms with van der Waals surface area (Å²) in [4.78, 5) is 28.9. The number of ether oxygens (including phenoxy) is 1. The zero-order valence-corrected chi connectivity index (χ0v) is 13.8. The number of oxazole rings is 1. The molecule has 8 heteroatoms. The van der Waals surface area contributed by atoms with Crippen molar-refractivity contribution in [1.82, 2.24) is 10.3 Å². The van der Waals surface area contributed by atoms with Crippen LogP contribution in [0.4, 0.5) is 5.69 Å². The van der Waals surface area contributed by atoms with Crippen molar-refractivity contribution >= 4 is 28.8 Å². The molecule has 0 saturated heterocycles. The van der Waals surface area contributed by atoms with Gasteiger partial charge in [0.05, 0.1) is 22.8 Å². The number of hydrogen-bond acceptors (Lipinski definition) is 6. The molecule has 3 aromatic rings. The number of amides is 2. The van der Waals surface area contributed by atoms with E-state index in [1.165, 1.54) is 17.6 Å². The van der Waals surface area contributed by atoms with E-state index in [0.29, 0.717) is 28.6 Å². The fraction of sp³-hybridized carbons (Fsp3) is 0.118. The van der Waals surface area contributed by atoms with Gasteiger partial charge in [-0.2, -0.15) is 0 Å². The predicted molar refractivity (Wildman–Crippen MR) is 91.6 cm³/mol. The quantitative estimate of drug-likeness (QED) is 0.750. The van der Waals surface area contributed by atoms with E-state index in [4.69, 9.17) is 9.15 Å². The Morgan fingerprint density at radius 1 is 1.36 bits per heavy atom. The number of rotatable bonds is 4. The second kappa shape index (κ2) is 6.40. The van der Waals surface area contributed by atoms with Crippen molar-refractivity contribution in [2.75, 3.05) is 11.9 Å². The molecular weight excluding hydrogens is 342 g/mol. The lowest BCUT2D eigenvalue weighted by atomic mass is 10.1. The number of aromatic nitrogens is 1. The number of carbonyl (C=O) groups excluding carboxylic acids is 2. The van der Waals surface area contributed by atoms with Gasteiger partial charge in [0.2, 0.25) is 5.89 Å². The number of hydrogen-bond donors (Lipinski definition) is 2. The van der Waals surface area contributed by atoms with Crippen LogP contribution >= 0.6 is 11.3 Å². The van der Waals surface area contributed by atoms with Crippen molar-refractivity contribution in [3.8, 4) is 16.5 Å². The smallest absolute Gasteiger partial charge is 0.262 e. The van der Waals surface area contributed by atoms with Gasteiger partial charge in [-0.05, 0) is 29.6 Å². The maximum atomic E-state index is 12.3. The van der Waals surface area contributed by atoms with Crippen LogP contribution in [0.3, 0.4) is 0 Å². The van der Waals surface area contributed by atoms with Gasteiger partial charge >= 0.3 is 0 Å². The summed E-state index contributed by atoms with van der Waals surface area (Å²) in [6.45, 7) is 0.227. The number of nitrogens with one attached hydrogen (secondary N) is 2. The van der Waals surface area contributed by atoms with Gasteiger partial charge in [0.1, 0.15) is 12.0 Å². The van der Waals surface area contributed by atoms with E-state index >= 15 is 0 Å². The average Bonchev–Trinajstić information content (AvgIpc) is 3.30. The van der Waals surface area contributed by atoms with Crippen molar-refractivity contribution in [2.24, 2.45) is 0 Å². The molecule has 0 saturated carbocycles. The zero-order valence-electron chi connectivity index (χ0n) is 12.9. The van der Waals surface area contributed by atoms with Crippen molar-refractivity contribution < 1.29 is 18.7 Å². The van der Waals surface area contributed by atoms with Gasteiger partial charge in [-0.3, -0.25) is 9.59 Å². The summed E-state index contributed by atoms with van der Waals surface area (Å²) >= 11 is 1.53. The molecule has 0 radical (unpaired) electrons. The zero-order chi connectivity index (χ0) is 17.2. The Kier molecular flexibility index (Phi) is 3.95. The first kappa shape index (κ1) is 15.4. The van der Waals surface area contributed by atoms with Crippen LogP contribution in [0.15, 0.2) is 46.4 Å². The molecule has 2 amide bonds. The van der Waals surface area contributed by atoms with Crippen LogP contribution in [-0.2, 0) is 11.3 Å².